The van der Waals surface area contributed by atoms with E-state index < -0.39 is 66.2 Å². The summed E-state index contributed by atoms with van der Waals surface area (Å²) in [6.45, 7) is 3.21. The first-order valence-electron chi connectivity index (χ1n) is 11.0. The van der Waals surface area contributed by atoms with Crippen LogP contribution in [0.5, 0.6) is 0 Å². The second-order valence-corrected chi connectivity index (χ2v) is 8.46. The zero-order valence-corrected chi connectivity index (χ0v) is 19.7. The number of H-pyrrole nitrogens is 2. The summed E-state index contributed by atoms with van der Waals surface area (Å²) in [5, 5.41) is 25.7. The number of rotatable bonds is 14. The quantitative estimate of drug-likeness (QED) is 0.139. The van der Waals surface area contributed by atoms with Gasteiger partial charge in [-0.3, -0.25) is 19.2 Å². The molecule has 0 radical (unpaired) electrons. The third kappa shape index (κ3) is 8.50. The lowest BCUT2D eigenvalue weighted by Gasteiger charge is -2.25. The molecular weight excluding hydrogens is 476 g/mol. The fourth-order valence-corrected chi connectivity index (χ4v) is 3.25. The molecule has 2 heterocycles. The fraction of sp³-hybridized carbons (Fsp3) is 0.476. The van der Waals surface area contributed by atoms with Crippen LogP contribution in [-0.2, 0) is 36.8 Å². The third-order valence-corrected chi connectivity index (χ3v) is 5.19. The third-order valence-electron chi connectivity index (χ3n) is 5.19. The lowest BCUT2D eigenvalue weighted by Crippen LogP contribution is -2.58. The number of nitrogens with one attached hydrogen (secondary N) is 5. The van der Waals surface area contributed by atoms with Gasteiger partial charge < -0.3 is 41.9 Å². The number of carbonyl (C=O) groups is 5. The monoisotopic (exact) mass is 506 g/mol. The summed E-state index contributed by atoms with van der Waals surface area (Å²) < 4.78 is 0. The van der Waals surface area contributed by atoms with Gasteiger partial charge in [0.05, 0.1) is 25.1 Å². The maximum atomic E-state index is 13.0. The lowest BCUT2D eigenvalue weighted by molar-refractivity contribution is -0.144. The molecule has 0 fully saturated rings. The Morgan fingerprint density at radius 2 is 1.39 bits per heavy atom. The van der Waals surface area contributed by atoms with Gasteiger partial charge in [-0.2, -0.15) is 0 Å². The number of carbonyl (C=O) groups excluding carboxylic acids is 3. The molecule has 9 N–H and O–H groups in total. The van der Waals surface area contributed by atoms with E-state index in [4.69, 9.17) is 5.73 Å². The summed E-state index contributed by atoms with van der Waals surface area (Å²) in [6, 6.07) is -5.19. The highest BCUT2D eigenvalue weighted by atomic mass is 16.4. The van der Waals surface area contributed by atoms with E-state index in [2.05, 4.69) is 35.9 Å². The van der Waals surface area contributed by atoms with E-state index in [1.54, 1.807) is 13.8 Å². The van der Waals surface area contributed by atoms with Crippen molar-refractivity contribution in [2.75, 3.05) is 0 Å². The number of hydrogen-bond acceptors (Lipinski definition) is 8. The number of carboxylic acid groups (broad SMARTS) is 2. The van der Waals surface area contributed by atoms with Crippen LogP contribution in [0.1, 0.15) is 31.7 Å². The Morgan fingerprint density at radius 1 is 0.861 bits per heavy atom. The Morgan fingerprint density at radius 3 is 1.86 bits per heavy atom. The SMILES string of the molecule is CC(C)C(NC(=O)C(Cc1cnc[nH]1)NC(=O)C(CC(=O)O)NC(=O)C(N)Cc1cnc[nH]1)C(=O)O. The first-order valence-corrected chi connectivity index (χ1v) is 11.0. The average Bonchev–Trinajstić information content (AvgIpc) is 3.49. The Hall–Kier alpha value is -4.27. The van der Waals surface area contributed by atoms with Crippen molar-refractivity contribution in [1.29, 1.82) is 0 Å². The lowest BCUT2D eigenvalue weighted by atomic mass is 10.0. The highest BCUT2D eigenvalue weighted by Crippen LogP contribution is 2.06. The molecule has 0 aliphatic heterocycles. The molecule has 0 aliphatic carbocycles. The molecule has 4 atom stereocenters. The minimum Gasteiger partial charge on any atom is -0.481 e. The first-order chi connectivity index (χ1) is 17.0. The maximum Gasteiger partial charge on any atom is 0.326 e. The van der Waals surface area contributed by atoms with E-state index in [1.807, 2.05) is 0 Å². The molecule has 0 aliphatic rings. The van der Waals surface area contributed by atoms with Gasteiger partial charge in [-0.15, -0.1) is 0 Å². The average molecular weight is 507 g/mol. The van der Waals surface area contributed by atoms with Crippen molar-refractivity contribution in [3.63, 3.8) is 0 Å². The Labute approximate surface area is 205 Å². The van der Waals surface area contributed by atoms with Crippen molar-refractivity contribution in [1.82, 2.24) is 35.9 Å². The van der Waals surface area contributed by atoms with E-state index in [1.165, 1.54) is 25.0 Å². The zero-order chi connectivity index (χ0) is 26.8. The van der Waals surface area contributed by atoms with Crippen LogP contribution in [0, 0.1) is 5.92 Å². The van der Waals surface area contributed by atoms with Crippen LogP contribution in [-0.4, -0.2) is 84.0 Å². The van der Waals surface area contributed by atoms with Crippen molar-refractivity contribution in [2.24, 2.45) is 11.7 Å². The van der Waals surface area contributed by atoms with Crippen molar-refractivity contribution >= 4 is 29.7 Å². The number of nitrogens with two attached hydrogens (primary N) is 1. The minimum atomic E-state index is -1.56. The molecule has 15 nitrogen and oxygen atoms in total. The number of carboxylic acids is 2. The largest absolute Gasteiger partial charge is 0.481 e. The van der Waals surface area contributed by atoms with Crippen LogP contribution < -0.4 is 21.7 Å². The van der Waals surface area contributed by atoms with Crippen molar-refractivity contribution in [3.05, 3.63) is 36.4 Å². The summed E-state index contributed by atoms with van der Waals surface area (Å²) in [6.07, 6.45) is 4.81. The van der Waals surface area contributed by atoms with Crippen molar-refractivity contribution in [2.45, 2.75) is 57.3 Å². The number of amides is 3. The van der Waals surface area contributed by atoms with Gasteiger partial charge in [0.2, 0.25) is 17.7 Å². The molecule has 2 rings (SSSR count). The van der Waals surface area contributed by atoms with Crippen LogP contribution in [0.3, 0.4) is 0 Å². The second-order valence-electron chi connectivity index (χ2n) is 8.46. The van der Waals surface area contributed by atoms with Gasteiger partial charge in [0.25, 0.3) is 0 Å². The predicted octanol–water partition coefficient (Wildman–Crippen LogP) is -2.08. The van der Waals surface area contributed by atoms with Gasteiger partial charge in [0, 0.05) is 36.6 Å². The van der Waals surface area contributed by atoms with E-state index in [0.717, 1.165) is 0 Å². The number of nitrogens with zero attached hydrogens (tertiary/aromatic N) is 2. The molecule has 0 aromatic carbocycles. The van der Waals surface area contributed by atoms with Crippen LogP contribution in [0.15, 0.2) is 25.0 Å². The maximum absolute atomic E-state index is 13.0. The molecule has 0 spiro atoms. The molecule has 2 aromatic rings. The molecule has 2 aromatic heterocycles. The number of imidazole rings is 2. The van der Waals surface area contributed by atoms with Gasteiger partial charge in [0.15, 0.2) is 0 Å². The number of hydrogen-bond donors (Lipinski definition) is 8. The Balaban J connectivity index is 2.17. The van der Waals surface area contributed by atoms with Crippen molar-refractivity contribution < 1.29 is 34.2 Å². The summed E-state index contributed by atoms with van der Waals surface area (Å²) >= 11 is 0. The molecule has 4 unspecified atom stereocenters. The normalized spacial score (nSPS) is 14.3. The van der Waals surface area contributed by atoms with Crippen LogP contribution >= 0.6 is 0 Å². The minimum absolute atomic E-state index is 0.0594. The number of aromatic nitrogens is 4. The molecule has 15 heteroatoms. The molecule has 0 bridgehead atoms. The fourth-order valence-electron chi connectivity index (χ4n) is 3.25. The van der Waals surface area contributed by atoms with Gasteiger partial charge in [-0.05, 0) is 5.92 Å². The Bertz CT molecular complexity index is 1040. The van der Waals surface area contributed by atoms with E-state index in [-0.39, 0.29) is 12.8 Å². The first kappa shape index (κ1) is 28.0. The number of aliphatic carboxylic acids is 2. The van der Waals surface area contributed by atoms with Gasteiger partial charge in [-0.1, -0.05) is 13.8 Å². The van der Waals surface area contributed by atoms with Gasteiger partial charge in [-0.25, -0.2) is 14.8 Å². The predicted molar refractivity (Wildman–Crippen MR) is 123 cm³/mol. The standard InChI is InChI=1S/C21H30N8O7/c1-10(2)17(21(35)36)29-20(34)14(4-12-7-24-9-26-12)28-19(33)15(5-16(30)31)27-18(32)13(22)3-11-6-23-8-25-11/h6-10,13-15,17H,3-5,22H2,1-2H3,(H,23,25)(H,24,26)(H,27,32)(H,28,33)(H,29,34)(H,30,31)(H,35,36). The van der Waals surface area contributed by atoms with Crippen molar-refractivity contribution in [3.8, 4) is 0 Å². The summed E-state index contributed by atoms with van der Waals surface area (Å²) in [5.74, 6) is -5.65. The molecule has 0 saturated carbocycles. The summed E-state index contributed by atoms with van der Waals surface area (Å²) in [5.41, 5.74) is 6.88. The van der Waals surface area contributed by atoms with E-state index in [9.17, 15) is 34.2 Å². The molecule has 36 heavy (non-hydrogen) atoms. The number of aromatic amines is 2. The van der Waals surface area contributed by atoms with E-state index in [0.29, 0.717) is 11.4 Å². The summed E-state index contributed by atoms with van der Waals surface area (Å²) in [4.78, 5) is 74.5. The van der Waals surface area contributed by atoms with Crippen LogP contribution in [0.4, 0.5) is 0 Å². The Kier molecular flexibility index (Phi) is 10.1. The zero-order valence-electron chi connectivity index (χ0n) is 19.7. The second kappa shape index (κ2) is 13.0. The topological polar surface area (TPSA) is 245 Å². The van der Waals surface area contributed by atoms with Crippen LogP contribution in [0.2, 0.25) is 0 Å². The highest BCUT2D eigenvalue weighted by Gasteiger charge is 2.32. The summed E-state index contributed by atoms with van der Waals surface area (Å²) in [7, 11) is 0. The van der Waals surface area contributed by atoms with Gasteiger partial charge in [0.1, 0.15) is 18.1 Å². The van der Waals surface area contributed by atoms with E-state index >= 15 is 0 Å². The molecule has 0 saturated heterocycles. The molecular formula is C21H30N8O7. The smallest absolute Gasteiger partial charge is 0.326 e. The van der Waals surface area contributed by atoms with Crippen LogP contribution in [0.25, 0.3) is 0 Å². The molecule has 196 valence electrons. The molecule has 3 amide bonds. The van der Waals surface area contributed by atoms with Gasteiger partial charge >= 0.3 is 11.9 Å². The highest BCUT2D eigenvalue weighted by molar-refractivity contribution is 5.95.